The molecule has 0 aromatic heterocycles. The summed E-state index contributed by atoms with van der Waals surface area (Å²) in [5.41, 5.74) is 0. The zero-order valence-corrected chi connectivity index (χ0v) is 17.5. The Labute approximate surface area is 165 Å². The number of hydrogen-bond acceptors (Lipinski definition) is 3. The van der Waals surface area contributed by atoms with Crippen LogP contribution in [0.2, 0.25) is 0 Å². The highest BCUT2D eigenvalue weighted by Gasteiger charge is 2.35. The highest BCUT2D eigenvalue weighted by atomic mass is 16.5. The highest BCUT2D eigenvalue weighted by Crippen LogP contribution is 2.27. The van der Waals surface area contributed by atoms with Crippen LogP contribution in [0.5, 0.6) is 0 Å². The predicted octanol–water partition coefficient (Wildman–Crippen LogP) is 6.29. The monoisotopic (exact) mass is 380 g/mol. The van der Waals surface area contributed by atoms with Crippen molar-refractivity contribution in [2.24, 2.45) is 11.8 Å². The van der Waals surface area contributed by atoms with E-state index in [1.807, 2.05) is 6.08 Å². The fourth-order valence-electron chi connectivity index (χ4n) is 3.79. The molecule has 4 heteroatoms. The van der Waals surface area contributed by atoms with Crippen LogP contribution in [0.1, 0.15) is 104 Å². The first-order valence-corrected chi connectivity index (χ1v) is 11.2. The summed E-state index contributed by atoms with van der Waals surface area (Å²) < 4.78 is 5.78. The van der Waals surface area contributed by atoms with Crippen molar-refractivity contribution in [1.82, 2.24) is 0 Å². The van der Waals surface area contributed by atoms with Crippen molar-refractivity contribution in [3.8, 4) is 0 Å². The fourth-order valence-corrected chi connectivity index (χ4v) is 3.79. The van der Waals surface area contributed by atoms with Crippen LogP contribution in [0.15, 0.2) is 12.2 Å². The van der Waals surface area contributed by atoms with Crippen molar-refractivity contribution >= 4 is 11.9 Å². The Morgan fingerprint density at radius 1 is 0.963 bits per heavy atom. The average Bonchev–Trinajstić information content (AvgIpc) is 2.67. The molecule has 4 nitrogen and oxygen atoms in total. The second kappa shape index (κ2) is 14.7. The van der Waals surface area contributed by atoms with E-state index in [2.05, 4.69) is 13.8 Å². The van der Waals surface area contributed by atoms with Gasteiger partial charge in [0.2, 0.25) is 0 Å². The number of hydrogen-bond donors (Lipinski definition) is 1. The zero-order chi connectivity index (χ0) is 19.9. The standard InChI is InChI=1S/C23H40O4/c1-3-5-7-8-9-10-11-12-16-19(15-6-4-2)27-23(26)21-18-14-13-17-20(21)22(24)25/h14,18-21H,3-13,15-17H2,1-2H3,(H,24,25). The molecule has 0 saturated heterocycles. The van der Waals surface area contributed by atoms with Gasteiger partial charge in [-0.2, -0.15) is 0 Å². The van der Waals surface area contributed by atoms with Gasteiger partial charge in [-0.15, -0.1) is 0 Å². The van der Waals surface area contributed by atoms with Gasteiger partial charge in [-0.25, -0.2) is 0 Å². The van der Waals surface area contributed by atoms with Gasteiger partial charge in [-0.1, -0.05) is 83.8 Å². The predicted molar refractivity (Wildman–Crippen MR) is 110 cm³/mol. The van der Waals surface area contributed by atoms with Gasteiger partial charge in [0.25, 0.3) is 0 Å². The van der Waals surface area contributed by atoms with Crippen LogP contribution in [-0.4, -0.2) is 23.1 Å². The molecule has 0 bridgehead atoms. The molecule has 1 aliphatic rings. The van der Waals surface area contributed by atoms with Crippen molar-refractivity contribution in [3.05, 3.63) is 12.2 Å². The van der Waals surface area contributed by atoms with Crippen LogP contribution in [-0.2, 0) is 14.3 Å². The van der Waals surface area contributed by atoms with E-state index in [-0.39, 0.29) is 12.1 Å². The minimum Gasteiger partial charge on any atom is -0.481 e. The van der Waals surface area contributed by atoms with Crippen LogP contribution in [0.25, 0.3) is 0 Å². The lowest BCUT2D eigenvalue weighted by Gasteiger charge is -2.25. The number of carboxylic acids is 1. The summed E-state index contributed by atoms with van der Waals surface area (Å²) >= 11 is 0. The van der Waals surface area contributed by atoms with Crippen molar-refractivity contribution in [2.75, 3.05) is 0 Å². The van der Waals surface area contributed by atoms with Gasteiger partial charge in [0.1, 0.15) is 6.10 Å². The number of ether oxygens (including phenoxy) is 1. The largest absolute Gasteiger partial charge is 0.481 e. The maximum absolute atomic E-state index is 12.6. The fraction of sp³-hybridized carbons (Fsp3) is 0.826. The Kier molecular flexibility index (Phi) is 12.9. The SMILES string of the molecule is CCCCCCCCCCC(CCCC)OC(=O)C1C=CCCC1C(=O)O. The molecule has 0 amide bonds. The second-order valence-corrected chi connectivity index (χ2v) is 7.94. The van der Waals surface area contributed by atoms with Gasteiger partial charge in [0, 0.05) is 0 Å². The van der Waals surface area contributed by atoms with E-state index in [0.29, 0.717) is 6.42 Å². The molecule has 156 valence electrons. The van der Waals surface area contributed by atoms with Crippen LogP contribution in [0.3, 0.4) is 0 Å². The summed E-state index contributed by atoms with van der Waals surface area (Å²) in [6, 6.07) is 0. The van der Waals surface area contributed by atoms with Crippen molar-refractivity contribution in [1.29, 1.82) is 0 Å². The Bertz CT molecular complexity index is 444. The van der Waals surface area contributed by atoms with E-state index in [1.165, 1.54) is 44.9 Å². The van der Waals surface area contributed by atoms with Gasteiger partial charge >= 0.3 is 11.9 Å². The number of carboxylic acid groups (broad SMARTS) is 1. The third kappa shape index (κ3) is 9.97. The molecule has 0 spiro atoms. The van der Waals surface area contributed by atoms with E-state index in [4.69, 9.17) is 4.74 Å². The highest BCUT2D eigenvalue weighted by molar-refractivity contribution is 5.83. The third-order valence-corrected chi connectivity index (χ3v) is 5.55. The average molecular weight is 381 g/mol. The Hall–Kier alpha value is -1.32. The number of rotatable bonds is 15. The van der Waals surface area contributed by atoms with E-state index < -0.39 is 17.8 Å². The first-order valence-electron chi connectivity index (χ1n) is 11.2. The van der Waals surface area contributed by atoms with Crippen LogP contribution >= 0.6 is 0 Å². The summed E-state index contributed by atoms with van der Waals surface area (Å²) in [5, 5.41) is 9.37. The molecule has 0 saturated carbocycles. The zero-order valence-electron chi connectivity index (χ0n) is 17.5. The normalized spacial score (nSPS) is 20.4. The van der Waals surface area contributed by atoms with Crippen molar-refractivity contribution < 1.29 is 19.4 Å². The minimum atomic E-state index is -0.894. The quantitative estimate of drug-likeness (QED) is 0.206. The molecule has 1 aliphatic carbocycles. The first-order chi connectivity index (χ1) is 13.1. The molecule has 3 atom stereocenters. The maximum atomic E-state index is 12.6. The number of aliphatic carboxylic acids is 1. The topological polar surface area (TPSA) is 63.6 Å². The molecule has 0 aromatic rings. The number of esters is 1. The summed E-state index contributed by atoms with van der Waals surface area (Å²) in [7, 11) is 0. The van der Waals surface area contributed by atoms with Gasteiger partial charge in [-0.05, 0) is 32.1 Å². The summed E-state index contributed by atoms with van der Waals surface area (Å²) in [6.45, 7) is 4.37. The Balaban J connectivity index is 2.39. The lowest BCUT2D eigenvalue weighted by atomic mass is 9.84. The molecule has 0 fully saturated rings. The Morgan fingerprint density at radius 3 is 2.19 bits per heavy atom. The summed E-state index contributed by atoms with van der Waals surface area (Å²) in [6.07, 6.45) is 18.8. The molecule has 1 N–H and O–H groups in total. The summed E-state index contributed by atoms with van der Waals surface area (Å²) in [5.74, 6) is -2.51. The Morgan fingerprint density at radius 2 is 1.56 bits per heavy atom. The molecule has 3 unspecified atom stereocenters. The third-order valence-electron chi connectivity index (χ3n) is 5.55. The molecule has 27 heavy (non-hydrogen) atoms. The molecule has 0 aliphatic heterocycles. The second-order valence-electron chi connectivity index (χ2n) is 7.94. The number of allylic oxidation sites excluding steroid dienone is 1. The number of carbonyl (C=O) groups excluding carboxylic acids is 1. The first kappa shape index (κ1) is 23.7. The van der Waals surface area contributed by atoms with Crippen molar-refractivity contribution in [3.63, 3.8) is 0 Å². The lowest BCUT2D eigenvalue weighted by molar-refractivity contribution is -0.160. The number of carbonyl (C=O) groups is 2. The molecular formula is C23H40O4. The van der Waals surface area contributed by atoms with Gasteiger partial charge in [-0.3, -0.25) is 9.59 Å². The minimum absolute atomic E-state index is 0.0673. The molecule has 0 aromatic carbocycles. The van der Waals surface area contributed by atoms with Gasteiger partial charge < -0.3 is 9.84 Å². The van der Waals surface area contributed by atoms with Crippen LogP contribution in [0, 0.1) is 11.8 Å². The van der Waals surface area contributed by atoms with E-state index in [1.54, 1.807) is 6.08 Å². The van der Waals surface area contributed by atoms with Gasteiger partial charge in [0.15, 0.2) is 0 Å². The smallest absolute Gasteiger partial charge is 0.313 e. The summed E-state index contributed by atoms with van der Waals surface area (Å²) in [4.78, 5) is 24.0. The van der Waals surface area contributed by atoms with Crippen LogP contribution < -0.4 is 0 Å². The van der Waals surface area contributed by atoms with E-state index in [9.17, 15) is 14.7 Å². The molecule has 0 radical (unpaired) electrons. The lowest BCUT2D eigenvalue weighted by Crippen LogP contribution is -2.33. The molecule has 0 heterocycles. The van der Waals surface area contributed by atoms with Crippen molar-refractivity contribution in [2.45, 2.75) is 110 Å². The van der Waals surface area contributed by atoms with Gasteiger partial charge in [0.05, 0.1) is 11.8 Å². The number of unbranched alkanes of at least 4 members (excludes halogenated alkanes) is 8. The van der Waals surface area contributed by atoms with E-state index in [0.717, 1.165) is 38.5 Å². The molecular weight excluding hydrogens is 340 g/mol. The maximum Gasteiger partial charge on any atom is 0.313 e. The van der Waals surface area contributed by atoms with Crippen LogP contribution in [0.4, 0.5) is 0 Å². The van der Waals surface area contributed by atoms with E-state index >= 15 is 0 Å². The molecule has 1 rings (SSSR count).